The van der Waals surface area contributed by atoms with Crippen LogP contribution in [0.1, 0.15) is 42.7 Å². The summed E-state index contributed by atoms with van der Waals surface area (Å²) >= 11 is 0. The first-order chi connectivity index (χ1) is 10.3. The van der Waals surface area contributed by atoms with Gasteiger partial charge in [0.1, 0.15) is 0 Å². The van der Waals surface area contributed by atoms with E-state index in [9.17, 15) is 14.7 Å². The summed E-state index contributed by atoms with van der Waals surface area (Å²) in [6.07, 6.45) is 3.53. The molecule has 0 bridgehead atoms. The minimum absolute atomic E-state index is 0.135. The number of rotatable bonds is 4. The summed E-state index contributed by atoms with van der Waals surface area (Å²) < 4.78 is 1.92. The van der Waals surface area contributed by atoms with Crippen LogP contribution in [-0.4, -0.2) is 21.6 Å². The molecule has 0 spiro atoms. The minimum Gasteiger partial charge on any atom is -0.479 e. The van der Waals surface area contributed by atoms with Gasteiger partial charge in [0, 0.05) is 17.9 Å². The Morgan fingerprint density at radius 2 is 1.77 bits per heavy atom. The van der Waals surface area contributed by atoms with Crippen LogP contribution in [-0.2, 0) is 10.3 Å². The molecule has 2 rings (SSSR count). The maximum absolute atomic E-state index is 12.3. The van der Waals surface area contributed by atoms with Crippen molar-refractivity contribution >= 4 is 11.9 Å². The van der Waals surface area contributed by atoms with Crippen LogP contribution in [0.3, 0.4) is 0 Å². The number of carboxylic acids is 1. The standard InChI is InChI=1S/C17H20N2O3/c1-17(2,3)19-10-9-13(11-19)15(20)18-14(16(21)22)12-7-5-4-6-8-12/h4-11,14H,1-3H3,(H,18,20)(H,21,22)/t14-/m0/s1. The monoisotopic (exact) mass is 300 g/mol. The van der Waals surface area contributed by atoms with Gasteiger partial charge in [-0.25, -0.2) is 4.79 Å². The van der Waals surface area contributed by atoms with Crippen molar-refractivity contribution in [1.29, 1.82) is 0 Å². The molecule has 0 aliphatic rings. The highest BCUT2D eigenvalue weighted by atomic mass is 16.4. The third-order valence-electron chi connectivity index (χ3n) is 3.38. The highest BCUT2D eigenvalue weighted by molar-refractivity contribution is 5.96. The summed E-state index contributed by atoms with van der Waals surface area (Å²) in [6, 6.07) is 9.27. The second-order valence-corrected chi connectivity index (χ2v) is 6.13. The fourth-order valence-electron chi connectivity index (χ4n) is 2.10. The first-order valence-electron chi connectivity index (χ1n) is 7.06. The summed E-state index contributed by atoms with van der Waals surface area (Å²) in [5.74, 6) is -1.49. The van der Waals surface area contributed by atoms with Gasteiger partial charge >= 0.3 is 5.97 Å². The third-order valence-corrected chi connectivity index (χ3v) is 3.38. The van der Waals surface area contributed by atoms with Gasteiger partial charge in [0.25, 0.3) is 5.91 Å². The van der Waals surface area contributed by atoms with Crippen molar-refractivity contribution in [2.45, 2.75) is 32.4 Å². The molecule has 1 aromatic carbocycles. The van der Waals surface area contributed by atoms with Gasteiger partial charge in [-0.1, -0.05) is 30.3 Å². The molecule has 22 heavy (non-hydrogen) atoms. The number of amides is 1. The lowest BCUT2D eigenvalue weighted by atomic mass is 10.1. The van der Waals surface area contributed by atoms with E-state index < -0.39 is 17.9 Å². The van der Waals surface area contributed by atoms with Crippen molar-refractivity contribution in [2.75, 3.05) is 0 Å². The summed E-state index contributed by atoms with van der Waals surface area (Å²) in [4.78, 5) is 23.7. The Balaban J connectivity index is 2.19. The van der Waals surface area contributed by atoms with Gasteiger partial charge in [-0.2, -0.15) is 0 Å². The molecule has 2 N–H and O–H groups in total. The number of carbonyl (C=O) groups is 2. The van der Waals surface area contributed by atoms with Crippen LogP contribution in [0.5, 0.6) is 0 Å². The highest BCUT2D eigenvalue weighted by Gasteiger charge is 2.23. The Kier molecular flexibility index (Phi) is 4.35. The number of benzene rings is 1. The lowest BCUT2D eigenvalue weighted by molar-refractivity contribution is -0.139. The molecule has 5 nitrogen and oxygen atoms in total. The fraction of sp³-hybridized carbons (Fsp3) is 0.294. The molecule has 1 aromatic heterocycles. The summed E-state index contributed by atoms with van der Waals surface area (Å²) in [7, 11) is 0. The van der Waals surface area contributed by atoms with E-state index in [1.54, 1.807) is 42.6 Å². The number of carboxylic acid groups (broad SMARTS) is 1. The minimum atomic E-state index is -1.09. The van der Waals surface area contributed by atoms with Crippen molar-refractivity contribution in [3.8, 4) is 0 Å². The molecule has 0 fully saturated rings. The molecule has 1 atom stereocenters. The first-order valence-corrected chi connectivity index (χ1v) is 7.06. The Bertz CT molecular complexity index is 669. The number of nitrogens with one attached hydrogen (secondary N) is 1. The second kappa shape index (κ2) is 6.05. The molecular formula is C17H20N2O3. The predicted molar refractivity (Wildman–Crippen MR) is 83.7 cm³/mol. The summed E-state index contributed by atoms with van der Waals surface area (Å²) in [5, 5.41) is 11.9. The Hall–Kier alpha value is -2.56. The second-order valence-electron chi connectivity index (χ2n) is 6.13. The average molecular weight is 300 g/mol. The molecular weight excluding hydrogens is 280 g/mol. The van der Waals surface area contributed by atoms with Crippen LogP contribution in [0.15, 0.2) is 48.8 Å². The maximum Gasteiger partial charge on any atom is 0.330 e. The molecule has 0 saturated heterocycles. The number of aromatic nitrogens is 1. The fourth-order valence-corrected chi connectivity index (χ4v) is 2.10. The van der Waals surface area contributed by atoms with Crippen LogP contribution >= 0.6 is 0 Å². The van der Waals surface area contributed by atoms with Gasteiger partial charge in [0.15, 0.2) is 6.04 Å². The van der Waals surface area contributed by atoms with Crippen LogP contribution in [0.25, 0.3) is 0 Å². The predicted octanol–water partition coefficient (Wildman–Crippen LogP) is 2.80. The molecule has 1 amide bonds. The van der Waals surface area contributed by atoms with Gasteiger partial charge in [0.2, 0.25) is 0 Å². The molecule has 0 aliphatic heterocycles. The SMILES string of the molecule is CC(C)(C)n1ccc(C(=O)N[C@H](C(=O)O)c2ccccc2)c1. The average Bonchev–Trinajstić information content (AvgIpc) is 2.95. The molecule has 0 saturated carbocycles. The van der Waals surface area contributed by atoms with E-state index in [4.69, 9.17) is 0 Å². The Labute approximate surface area is 129 Å². The number of hydrogen-bond acceptors (Lipinski definition) is 2. The first kappa shape index (κ1) is 15.8. The van der Waals surface area contributed by atoms with Crippen LogP contribution < -0.4 is 5.32 Å². The number of aliphatic carboxylic acids is 1. The number of carbonyl (C=O) groups excluding carboxylic acids is 1. The van der Waals surface area contributed by atoms with E-state index in [0.29, 0.717) is 11.1 Å². The topological polar surface area (TPSA) is 71.3 Å². The zero-order valence-electron chi connectivity index (χ0n) is 12.9. The Morgan fingerprint density at radius 1 is 1.14 bits per heavy atom. The highest BCUT2D eigenvalue weighted by Crippen LogP contribution is 2.17. The van der Waals surface area contributed by atoms with Gasteiger partial charge in [-0.3, -0.25) is 4.79 Å². The van der Waals surface area contributed by atoms with Crippen molar-refractivity contribution in [2.24, 2.45) is 0 Å². The molecule has 0 radical (unpaired) electrons. The molecule has 2 aromatic rings. The van der Waals surface area contributed by atoms with Crippen LogP contribution in [0.2, 0.25) is 0 Å². The normalized spacial score (nSPS) is 12.7. The summed E-state index contributed by atoms with van der Waals surface area (Å²) in [5.41, 5.74) is 0.847. The quantitative estimate of drug-likeness (QED) is 0.912. The number of nitrogens with zero attached hydrogens (tertiary/aromatic N) is 1. The van der Waals surface area contributed by atoms with E-state index in [0.717, 1.165) is 0 Å². The van der Waals surface area contributed by atoms with Gasteiger partial charge in [-0.15, -0.1) is 0 Å². The Morgan fingerprint density at radius 3 is 2.27 bits per heavy atom. The van der Waals surface area contributed by atoms with E-state index in [-0.39, 0.29) is 5.54 Å². The zero-order chi connectivity index (χ0) is 16.3. The van der Waals surface area contributed by atoms with Crippen molar-refractivity contribution in [3.63, 3.8) is 0 Å². The lowest BCUT2D eigenvalue weighted by Crippen LogP contribution is -2.33. The molecule has 5 heteroatoms. The van der Waals surface area contributed by atoms with Gasteiger partial charge < -0.3 is 15.0 Å². The molecule has 0 unspecified atom stereocenters. The zero-order valence-corrected chi connectivity index (χ0v) is 12.9. The van der Waals surface area contributed by atoms with E-state index in [2.05, 4.69) is 5.32 Å². The van der Waals surface area contributed by atoms with E-state index in [1.807, 2.05) is 31.5 Å². The van der Waals surface area contributed by atoms with Crippen LogP contribution in [0.4, 0.5) is 0 Å². The van der Waals surface area contributed by atoms with Crippen molar-refractivity contribution in [3.05, 3.63) is 59.9 Å². The van der Waals surface area contributed by atoms with Gasteiger partial charge in [0.05, 0.1) is 5.56 Å². The number of hydrogen-bond donors (Lipinski definition) is 2. The van der Waals surface area contributed by atoms with Crippen molar-refractivity contribution < 1.29 is 14.7 Å². The van der Waals surface area contributed by atoms with Gasteiger partial charge in [-0.05, 0) is 32.4 Å². The molecule has 0 aliphatic carbocycles. The smallest absolute Gasteiger partial charge is 0.330 e. The van der Waals surface area contributed by atoms with Crippen molar-refractivity contribution in [1.82, 2.24) is 9.88 Å². The maximum atomic E-state index is 12.3. The largest absolute Gasteiger partial charge is 0.479 e. The third kappa shape index (κ3) is 3.55. The molecule has 1 heterocycles. The molecule has 116 valence electrons. The van der Waals surface area contributed by atoms with Crippen LogP contribution in [0, 0.1) is 0 Å². The van der Waals surface area contributed by atoms with E-state index in [1.165, 1.54) is 0 Å². The lowest BCUT2D eigenvalue weighted by Gasteiger charge is -2.20. The van der Waals surface area contributed by atoms with E-state index >= 15 is 0 Å². The summed E-state index contributed by atoms with van der Waals surface area (Å²) in [6.45, 7) is 6.08.